The summed E-state index contributed by atoms with van der Waals surface area (Å²) in [5.74, 6) is 1.17. The van der Waals surface area contributed by atoms with Gasteiger partial charge in [0.25, 0.3) is 5.91 Å². The van der Waals surface area contributed by atoms with Crippen molar-refractivity contribution in [1.82, 2.24) is 14.5 Å². The van der Waals surface area contributed by atoms with Gasteiger partial charge in [-0.2, -0.15) is 0 Å². The molecule has 0 saturated heterocycles. The molecule has 34 heavy (non-hydrogen) atoms. The first-order valence-corrected chi connectivity index (χ1v) is 11.7. The minimum atomic E-state index is -0.0511. The normalized spacial score (nSPS) is 12.8. The third-order valence-electron chi connectivity index (χ3n) is 5.43. The lowest BCUT2D eigenvalue weighted by Crippen LogP contribution is -2.36. The molecule has 176 valence electrons. The van der Waals surface area contributed by atoms with Crippen LogP contribution in [0.3, 0.4) is 0 Å². The van der Waals surface area contributed by atoms with Gasteiger partial charge in [0.05, 0.1) is 25.7 Å². The van der Waals surface area contributed by atoms with E-state index in [1.165, 1.54) is 11.3 Å². The summed E-state index contributed by atoms with van der Waals surface area (Å²) in [6.07, 6.45) is 6.06. The van der Waals surface area contributed by atoms with Crippen molar-refractivity contribution in [2.45, 2.75) is 13.0 Å². The van der Waals surface area contributed by atoms with Crippen molar-refractivity contribution >= 4 is 46.9 Å². The van der Waals surface area contributed by atoms with Crippen LogP contribution >= 0.6 is 35.3 Å². The van der Waals surface area contributed by atoms with E-state index in [0.717, 1.165) is 22.0 Å². The number of hydrogen-bond donors (Lipinski definition) is 0. The number of ether oxygens (including phenoxy) is 2. The van der Waals surface area contributed by atoms with Gasteiger partial charge in [-0.1, -0.05) is 23.7 Å². The highest BCUT2D eigenvalue weighted by Crippen LogP contribution is 2.36. The van der Waals surface area contributed by atoms with E-state index < -0.39 is 0 Å². The van der Waals surface area contributed by atoms with Gasteiger partial charge in [0, 0.05) is 47.7 Å². The number of hydrogen-bond acceptors (Lipinski definition) is 6. The van der Waals surface area contributed by atoms with Crippen molar-refractivity contribution in [3.8, 4) is 22.1 Å². The van der Waals surface area contributed by atoms with E-state index >= 15 is 0 Å². The van der Waals surface area contributed by atoms with Gasteiger partial charge in [-0.25, -0.2) is 9.97 Å². The summed E-state index contributed by atoms with van der Waals surface area (Å²) >= 11 is 7.41. The molecular weight excluding hydrogens is 495 g/mol. The number of fused-ring (bicyclic) bond motifs is 1. The first-order valence-electron chi connectivity index (χ1n) is 10.5. The number of aromatic nitrogens is 3. The summed E-state index contributed by atoms with van der Waals surface area (Å²) in [7, 11) is 1.60. The number of anilines is 1. The molecule has 0 N–H and O–H groups in total. The Morgan fingerprint density at radius 3 is 2.71 bits per heavy atom. The summed E-state index contributed by atoms with van der Waals surface area (Å²) in [4.78, 5) is 24.5. The highest BCUT2D eigenvalue weighted by Gasteiger charge is 2.30. The maximum Gasteiger partial charge on any atom is 0.270 e. The Bertz CT molecular complexity index is 1280. The van der Waals surface area contributed by atoms with Crippen molar-refractivity contribution in [3.05, 3.63) is 76.8 Å². The summed E-state index contributed by atoms with van der Waals surface area (Å²) in [5, 5.41) is 1.50. The first kappa shape index (κ1) is 24.1. The lowest BCUT2D eigenvalue weighted by Gasteiger charge is -2.26. The summed E-state index contributed by atoms with van der Waals surface area (Å²) in [6.45, 7) is 1.71. The second kappa shape index (κ2) is 10.5. The molecule has 0 atom stereocenters. The summed E-state index contributed by atoms with van der Waals surface area (Å²) in [6, 6.07) is 13.1. The van der Waals surface area contributed by atoms with Crippen LogP contribution in [0.2, 0.25) is 5.02 Å². The average Bonchev–Trinajstić information content (AvgIpc) is 3.51. The van der Waals surface area contributed by atoms with Crippen LogP contribution in [0.4, 0.5) is 5.69 Å². The molecule has 0 spiro atoms. The smallest absolute Gasteiger partial charge is 0.270 e. The number of nitrogens with zero attached hydrogens (tertiary/aromatic N) is 4. The van der Waals surface area contributed by atoms with Crippen LogP contribution in [0.25, 0.3) is 10.6 Å². The van der Waals surface area contributed by atoms with E-state index in [9.17, 15) is 4.79 Å². The van der Waals surface area contributed by atoms with Crippen LogP contribution in [0.15, 0.2) is 61.2 Å². The second-order valence-electron chi connectivity index (χ2n) is 7.49. The number of thiazole rings is 1. The molecule has 0 fully saturated rings. The third-order valence-corrected chi connectivity index (χ3v) is 6.81. The Labute approximate surface area is 212 Å². The standard InChI is InChI=1S/C24H21ClN4O3S.ClH/c1-31-21-14-18(6-7-20(21)32-13-12-28-11-9-26-15-28)29-10-8-19-22(24(29)30)33-23(27-19)16-2-4-17(25)5-3-16;/h2-7,9,11,14-15H,8,10,12-13H2,1H3;1H. The number of methoxy groups -OCH3 is 1. The minimum Gasteiger partial charge on any atom is -0.493 e. The molecule has 1 aliphatic heterocycles. The number of halogens is 2. The van der Waals surface area contributed by atoms with E-state index in [2.05, 4.69) is 4.98 Å². The Morgan fingerprint density at radius 1 is 1.15 bits per heavy atom. The Balaban J connectivity index is 0.00000274. The van der Waals surface area contributed by atoms with E-state index in [1.54, 1.807) is 24.5 Å². The molecule has 0 aliphatic carbocycles. The van der Waals surface area contributed by atoms with Crippen molar-refractivity contribution in [2.24, 2.45) is 0 Å². The van der Waals surface area contributed by atoms with Crippen molar-refractivity contribution in [3.63, 3.8) is 0 Å². The molecule has 7 nitrogen and oxygen atoms in total. The van der Waals surface area contributed by atoms with Crippen molar-refractivity contribution in [1.29, 1.82) is 0 Å². The molecule has 0 unspecified atom stereocenters. The van der Waals surface area contributed by atoms with Gasteiger partial charge in [0.2, 0.25) is 0 Å². The number of imidazole rings is 1. The Morgan fingerprint density at radius 2 is 1.97 bits per heavy atom. The van der Waals surface area contributed by atoms with Crippen LogP contribution in [0.1, 0.15) is 15.4 Å². The highest BCUT2D eigenvalue weighted by molar-refractivity contribution is 7.17. The van der Waals surface area contributed by atoms with Gasteiger partial charge < -0.3 is 18.9 Å². The number of carbonyl (C=O) groups excluding carboxylic acids is 1. The van der Waals surface area contributed by atoms with E-state index in [1.807, 2.05) is 53.2 Å². The van der Waals surface area contributed by atoms with Gasteiger partial charge >= 0.3 is 0 Å². The molecule has 1 amide bonds. The second-order valence-corrected chi connectivity index (χ2v) is 8.93. The summed E-state index contributed by atoms with van der Waals surface area (Å²) < 4.78 is 13.4. The van der Waals surface area contributed by atoms with E-state index in [-0.39, 0.29) is 18.3 Å². The fourth-order valence-electron chi connectivity index (χ4n) is 3.72. The van der Waals surface area contributed by atoms with Crippen LogP contribution in [-0.2, 0) is 13.0 Å². The van der Waals surface area contributed by atoms with E-state index in [0.29, 0.717) is 47.5 Å². The fraction of sp³-hybridized carbons (Fsp3) is 0.208. The SMILES string of the molecule is COc1cc(N2CCc3nc(-c4ccc(Cl)cc4)sc3C2=O)ccc1OCCn1ccnc1.Cl. The molecule has 3 heterocycles. The predicted molar refractivity (Wildman–Crippen MR) is 136 cm³/mol. The van der Waals surface area contributed by atoms with Gasteiger partial charge in [0.1, 0.15) is 16.5 Å². The fourth-order valence-corrected chi connectivity index (χ4v) is 4.91. The first-order chi connectivity index (χ1) is 16.1. The maximum atomic E-state index is 13.3. The molecule has 2 aromatic carbocycles. The Kier molecular flexibility index (Phi) is 7.41. The monoisotopic (exact) mass is 516 g/mol. The molecule has 0 bridgehead atoms. The van der Waals surface area contributed by atoms with Gasteiger partial charge in [-0.3, -0.25) is 4.79 Å². The maximum absolute atomic E-state index is 13.3. The molecule has 4 aromatic rings. The minimum absolute atomic E-state index is 0. The van der Waals surface area contributed by atoms with Crippen molar-refractivity contribution in [2.75, 3.05) is 25.2 Å². The number of amides is 1. The van der Waals surface area contributed by atoms with Gasteiger partial charge in [-0.15, -0.1) is 23.7 Å². The van der Waals surface area contributed by atoms with Gasteiger partial charge in [0.15, 0.2) is 11.5 Å². The number of rotatable bonds is 7. The van der Waals surface area contributed by atoms with Crippen LogP contribution in [0.5, 0.6) is 11.5 Å². The highest BCUT2D eigenvalue weighted by atomic mass is 35.5. The van der Waals surface area contributed by atoms with Crippen LogP contribution < -0.4 is 14.4 Å². The quantitative estimate of drug-likeness (QED) is 0.330. The predicted octanol–water partition coefficient (Wildman–Crippen LogP) is 5.37. The molecule has 2 aromatic heterocycles. The molecule has 10 heteroatoms. The largest absolute Gasteiger partial charge is 0.493 e. The molecular formula is C24H22Cl2N4O3S. The Hall–Kier alpha value is -3.07. The van der Waals surface area contributed by atoms with Gasteiger partial charge in [-0.05, 0) is 24.3 Å². The van der Waals surface area contributed by atoms with Crippen molar-refractivity contribution < 1.29 is 14.3 Å². The average molecular weight is 517 g/mol. The topological polar surface area (TPSA) is 69.5 Å². The lowest BCUT2D eigenvalue weighted by molar-refractivity contribution is 0.0984. The zero-order chi connectivity index (χ0) is 22.8. The van der Waals surface area contributed by atoms with Crippen LogP contribution in [0, 0.1) is 0 Å². The molecule has 0 saturated carbocycles. The molecule has 0 radical (unpaired) electrons. The zero-order valence-electron chi connectivity index (χ0n) is 18.3. The zero-order valence-corrected chi connectivity index (χ0v) is 20.7. The number of carbonyl (C=O) groups is 1. The third kappa shape index (κ3) is 4.89. The summed E-state index contributed by atoms with van der Waals surface area (Å²) in [5.41, 5.74) is 2.57. The van der Waals surface area contributed by atoms with Crippen LogP contribution in [-0.4, -0.2) is 40.7 Å². The molecule has 5 rings (SSSR count). The number of benzene rings is 2. The van der Waals surface area contributed by atoms with E-state index in [4.69, 9.17) is 26.1 Å². The lowest BCUT2D eigenvalue weighted by atomic mass is 10.1. The molecule has 1 aliphatic rings.